The van der Waals surface area contributed by atoms with Crippen molar-refractivity contribution in [3.63, 3.8) is 0 Å². The first-order valence-corrected chi connectivity index (χ1v) is 24.4. The molecule has 5 aliphatic rings. The number of rotatable bonds is 12. The number of oxazole rings is 2. The molecule has 2 aromatic heterocycles. The number of terminal acetylenes is 1. The van der Waals surface area contributed by atoms with Gasteiger partial charge in [-0.1, -0.05) is 62.0 Å². The summed E-state index contributed by atoms with van der Waals surface area (Å²) < 4.78 is 61.8. The number of fused-ring (bicyclic) bond motifs is 9. The number of methoxy groups -OCH3 is 3. The number of hydrogen-bond donors (Lipinski definition) is 2. The quantitative estimate of drug-likeness (QED) is 0.0899. The number of hydrogen-bond acceptors (Lipinski definition) is 15. The summed E-state index contributed by atoms with van der Waals surface area (Å²) in [6.45, 7) is 12.2. The molecule has 15 heteroatoms. The Morgan fingerprint density at radius 2 is 1.78 bits per heavy atom. The number of ether oxygens (including phenoxy) is 8. The van der Waals surface area contributed by atoms with Gasteiger partial charge in [-0.2, -0.15) is 0 Å². The summed E-state index contributed by atoms with van der Waals surface area (Å²) in [7, 11) is 4.80. The highest BCUT2D eigenvalue weighted by Crippen LogP contribution is 2.40. The van der Waals surface area contributed by atoms with Gasteiger partial charge in [0.05, 0.1) is 67.5 Å². The van der Waals surface area contributed by atoms with Gasteiger partial charge in [0.1, 0.15) is 36.1 Å². The van der Waals surface area contributed by atoms with Crippen LogP contribution in [0.2, 0.25) is 0 Å². The van der Waals surface area contributed by atoms with E-state index in [0.717, 1.165) is 16.7 Å². The van der Waals surface area contributed by atoms with E-state index in [1.165, 1.54) is 6.08 Å². The third kappa shape index (κ3) is 13.9. The summed E-state index contributed by atoms with van der Waals surface area (Å²) >= 11 is 0. The molecule has 0 saturated carbocycles. The maximum Gasteiger partial charge on any atom is 0.330 e. The molecule has 4 fully saturated rings. The van der Waals surface area contributed by atoms with E-state index in [1.54, 1.807) is 39.9 Å². The molecule has 376 valence electrons. The second-order valence-electron chi connectivity index (χ2n) is 19.5. The number of aliphatic hydroxyl groups is 2. The topological polar surface area (TPSA) is 183 Å². The van der Waals surface area contributed by atoms with Crippen molar-refractivity contribution in [1.82, 2.24) is 9.97 Å². The Balaban J connectivity index is 1.08. The second kappa shape index (κ2) is 24.1. The van der Waals surface area contributed by atoms with Crippen LogP contribution in [0.3, 0.4) is 0 Å². The van der Waals surface area contributed by atoms with E-state index in [0.29, 0.717) is 87.4 Å². The van der Waals surface area contributed by atoms with Gasteiger partial charge in [0.15, 0.2) is 11.7 Å². The molecular formula is C54H72N2O13. The Labute approximate surface area is 407 Å². The number of esters is 1. The van der Waals surface area contributed by atoms with E-state index < -0.39 is 48.4 Å². The number of aliphatic hydroxyl groups excluding tert-OH is 2. The van der Waals surface area contributed by atoms with Gasteiger partial charge in [-0.3, -0.25) is 0 Å². The fourth-order valence-electron chi connectivity index (χ4n) is 10.4. The van der Waals surface area contributed by atoms with E-state index in [9.17, 15) is 15.0 Å². The van der Waals surface area contributed by atoms with Gasteiger partial charge in [0, 0.05) is 71.3 Å². The lowest BCUT2D eigenvalue weighted by Crippen LogP contribution is -2.52. The normalized spacial score (nSPS) is 35.9. The predicted molar refractivity (Wildman–Crippen MR) is 257 cm³/mol. The van der Waals surface area contributed by atoms with Gasteiger partial charge in [0.25, 0.3) is 0 Å². The fourth-order valence-corrected chi connectivity index (χ4v) is 10.4. The van der Waals surface area contributed by atoms with E-state index in [-0.39, 0.29) is 54.9 Å². The van der Waals surface area contributed by atoms with Crippen LogP contribution in [0.4, 0.5) is 0 Å². The zero-order chi connectivity index (χ0) is 49.2. The van der Waals surface area contributed by atoms with E-state index in [1.807, 2.05) is 64.2 Å². The molecule has 8 bridgehead atoms. The minimum Gasteiger partial charge on any atom is -0.458 e. The van der Waals surface area contributed by atoms with Crippen molar-refractivity contribution in [2.75, 3.05) is 21.3 Å². The fraction of sp³-hybridized carbons (Fsp3) is 0.611. The van der Waals surface area contributed by atoms with Crippen molar-refractivity contribution >= 4 is 18.1 Å². The number of nitrogens with zero attached hydrogens (tertiary/aromatic N) is 2. The third-order valence-electron chi connectivity index (χ3n) is 14.1. The zero-order valence-corrected chi connectivity index (χ0v) is 41.2. The van der Waals surface area contributed by atoms with Gasteiger partial charge in [-0.05, 0) is 63.7 Å². The van der Waals surface area contributed by atoms with Crippen molar-refractivity contribution in [3.05, 3.63) is 95.4 Å². The molecule has 0 radical (unpaired) electrons. The van der Waals surface area contributed by atoms with E-state index >= 15 is 0 Å². The Morgan fingerprint density at radius 1 is 0.986 bits per heavy atom. The molecule has 0 amide bonds. The van der Waals surface area contributed by atoms with Crippen molar-refractivity contribution in [3.8, 4) is 12.3 Å². The van der Waals surface area contributed by atoms with Crippen LogP contribution in [0, 0.1) is 24.2 Å². The standard InChI is InChI=1S/C54H72N2O13/c1-10-13-39(60-7)19-18-32(2)22-45(58)48-27-43(61-8)28-54(62-9,69-48)29-50-55-37(30-63-50)23-34(4)52-36(6)53-35(5)46(67-52)15-12-16-49-56-44(31-64-49)47-25-38(57)24-42(66-47)26-41-21-33(3)20-40(65-41)14-11-17-51(59)68-53/h1,11-12,16-19,22-23,30-31,35-36,38-43,45-48,52-53,57-58H,3,13-15,20-21,24-29H2,2,4-9H3/b16-12+,17-11-,19-18+,32-22+,34-23+/t35-,36-,38+,39+,40-,41+,42-,43+,45+,46+,47+,48+,52-,53-,54-/m0/s1. The van der Waals surface area contributed by atoms with Crippen LogP contribution in [-0.2, 0) is 49.1 Å². The molecule has 69 heavy (non-hydrogen) atoms. The molecule has 7 heterocycles. The summed E-state index contributed by atoms with van der Waals surface area (Å²) in [5.41, 5.74) is 3.97. The lowest BCUT2D eigenvalue weighted by atomic mass is 9.79. The van der Waals surface area contributed by atoms with Gasteiger partial charge in [-0.25, -0.2) is 14.8 Å². The van der Waals surface area contributed by atoms with Crippen molar-refractivity contribution in [2.24, 2.45) is 11.8 Å². The summed E-state index contributed by atoms with van der Waals surface area (Å²) in [6.07, 6.45) is 23.7. The van der Waals surface area contributed by atoms with Gasteiger partial charge >= 0.3 is 5.97 Å². The molecule has 4 saturated heterocycles. The number of aromatic nitrogens is 2. The first kappa shape index (κ1) is 52.4. The Hall–Kier alpha value is -4.47. The Bertz CT molecular complexity index is 2230. The highest BCUT2D eigenvalue weighted by atomic mass is 16.7. The summed E-state index contributed by atoms with van der Waals surface area (Å²) in [6, 6.07) is 0. The van der Waals surface area contributed by atoms with Crippen molar-refractivity contribution < 1.29 is 61.7 Å². The number of allylic oxidation sites excluding steroid dienone is 2. The van der Waals surface area contributed by atoms with Gasteiger partial charge in [0.2, 0.25) is 5.89 Å². The molecule has 0 unspecified atom stereocenters. The molecule has 2 aromatic rings. The molecule has 5 aliphatic heterocycles. The first-order valence-electron chi connectivity index (χ1n) is 24.4. The SMILES string of the molecule is C#CC[C@H](/C=C/C(C)=C/[C@@H](O)[C@H]1C[C@@H](OC)C[C@](Cc2nc(/C=C(\C)[C@@H]3O[C@@H]4C/C=C/c5nc(co5)[C@H]5C[C@H](O)C[C@@H](C[C@H]6CC(=C)C[C@H](C/C=C\C(=O)O[C@@H]([C@H]4C)[C@H]3C)O6)O5)co2)(OC)O1)OC. The van der Waals surface area contributed by atoms with Crippen LogP contribution < -0.4 is 0 Å². The first-order chi connectivity index (χ1) is 33.2. The lowest BCUT2D eigenvalue weighted by Gasteiger charge is -2.44. The number of carbonyl (C=O) groups is 1. The summed E-state index contributed by atoms with van der Waals surface area (Å²) in [5, 5.41) is 22.2. The molecule has 2 N–H and O–H groups in total. The Morgan fingerprint density at radius 3 is 2.55 bits per heavy atom. The van der Waals surface area contributed by atoms with Crippen molar-refractivity contribution in [1.29, 1.82) is 0 Å². The highest BCUT2D eigenvalue weighted by Gasteiger charge is 2.46. The second-order valence-corrected chi connectivity index (χ2v) is 19.5. The zero-order valence-electron chi connectivity index (χ0n) is 41.2. The minimum absolute atomic E-state index is 0.123. The average molecular weight is 957 g/mol. The monoisotopic (exact) mass is 957 g/mol. The molecule has 15 nitrogen and oxygen atoms in total. The minimum atomic E-state index is -1.20. The van der Waals surface area contributed by atoms with Crippen molar-refractivity contribution in [2.45, 2.75) is 177 Å². The molecule has 7 rings (SSSR count). The smallest absolute Gasteiger partial charge is 0.330 e. The predicted octanol–water partition coefficient (Wildman–Crippen LogP) is 8.14. The summed E-state index contributed by atoms with van der Waals surface area (Å²) in [4.78, 5) is 23.1. The summed E-state index contributed by atoms with van der Waals surface area (Å²) in [5.74, 6) is 1.37. The van der Waals surface area contributed by atoms with E-state index in [4.69, 9.17) is 63.1 Å². The molecule has 0 aromatic carbocycles. The number of carbonyl (C=O) groups excluding carboxylic acids is 1. The maximum atomic E-state index is 13.6. The molecular weight excluding hydrogens is 885 g/mol. The van der Waals surface area contributed by atoms with Crippen LogP contribution in [0.15, 0.2) is 81.1 Å². The van der Waals surface area contributed by atoms with Crippen LogP contribution >= 0.6 is 0 Å². The van der Waals surface area contributed by atoms with Gasteiger partial charge < -0.3 is 56.9 Å². The van der Waals surface area contributed by atoms with Crippen LogP contribution in [0.1, 0.15) is 121 Å². The average Bonchev–Trinajstić information content (AvgIpc) is 3.98. The third-order valence-corrected chi connectivity index (χ3v) is 14.1. The molecule has 15 atom stereocenters. The van der Waals surface area contributed by atoms with Crippen LogP contribution in [0.25, 0.3) is 12.2 Å². The molecule has 0 spiro atoms. The van der Waals surface area contributed by atoms with Gasteiger partial charge in [-0.15, -0.1) is 12.3 Å². The largest absolute Gasteiger partial charge is 0.458 e. The van der Waals surface area contributed by atoms with Crippen LogP contribution in [-0.4, -0.2) is 120 Å². The molecule has 0 aliphatic carbocycles. The highest BCUT2D eigenvalue weighted by molar-refractivity contribution is 5.82. The van der Waals surface area contributed by atoms with Crippen LogP contribution in [0.5, 0.6) is 0 Å². The maximum absolute atomic E-state index is 13.6. The lowest BCUT2D eigenvalue weighted by molar-refractivity contribution is -0.298. The van der Waals surface area contributed by atoms with E-state index in [2.05, 4.69) is 12.5 Å². The Kier molecular flexibility index (Phi) is 18.3.